The van der Waals surface area contributed by atoms with E-state index in [2.05, 4.69) is 10.0 Å². The molecule has 0 atom stereocenters. The summed E-state index contributed by atoms with van der Waals surface area (Å²) >= 11 is 17.6. The number of nitrogens with one attached hydrogen (secondary N) is 2. The monoisotopic (exact) mass is 392 g/mol. The van der Waals surface area contributed by atoms with Gasteiger partial charge in [-0.2, -0.15) is 0 Å². The summed E-state index contributed by atoms with van der Waals surface area (Å²) in [6, 6.07) is 8.34. The van der Waals surface area contributed by atoms with Crippen LogP contribution < -0.4 is 10.0 Å². The Labute approximate surface area is 148 Å². The van der Waals surface area contributed by atoms with E-state index in [1.165, 1.54) is 43.3 Å². The number of amides is 1. The van der Waals surface area contributed by atoms with Crippen molar-refractivity contribution in [3.8, 4) is 0 Å². The third-order valence-electron chi connectivity index (χ3n) is 2.68. The number of benzene rings is 2. The minimum absolute atomic E-state index is 0.0722. The van der Waals surface area contributed by atoms with E-state index in [4.69, 9.17) is 34.8 Å². The summed E-state index contributed by atoms with van der Waals surface area (Å²) in [5.41, 5.74) is 0.619. The van der Waals surface area contributed by atoms with Gasteiger partial charge in [0, 0.05) is 17.0 Å². The number of anilines is 2. The van der Waals surface area contributed by atoms with Crippen LogP contribution in [0.15, 0.2) is 41.3 Å². The molecule has 2 N–H and O–H groups in total. The van der Waals surface area contributed by atoms with Crippen LogP contribution in [-0.4, -0.2) is 14.3 Å². The fraction of sp³-hybridized carbons (Fsp3) is 0.0714. The van der Waals surface area contributed by atoms with Crippen LogP contribution in [0.2, 0.25) is 15.1 Å². The Morgan fingerprint density at radius 1 is 1.00 bits per heavy atom. The Balaban J connectivity index is 2.30. The normalized spacial score (nSPS) is 11.1. The molecule has 9 heteroatoms. The lowest BCUT2D eigenvalue weighted by molar-refractivity contribution is -0.114. The Morgan fingerprint density at radius 3 is 2.13 bits per heavy atom. The molecular weight excluding hydrogens is 383 g/mol. The highest BCUT2D eigenvalue weighted by Crippen LogP contribution is 2.28. The van der Waals surface area contributed by atoms with Crippen molar-refractivity contribution < 1.29 is 13.2 Å². The lowest BCUT2D eigenvalue weighted by Crippen LogP contribution is -2.13. The van der Waals surface area contributed by atoms with Crippen LogP contribution in [0.1, 0.15) is 6.92 Å². The zero-order chi connectivity index (χ0) is 17.2. The van der Waals surface area contributed by atoms with Gasteiger partial charge in [0.05, 0.1) is 21.3 Å². The van der Waals surface area contributed by atoms with E-state index >= 15 is 0 Å². The zero-order valence-corrected chi connectivity index (χ0v) is 14.8. The smallest absolute Gasteiger partial charge is 0.261 e. The zero-order valence-electron chi connectivity index (χ0n) is 11.7. The van der Waals surface area contributed by atoms with Crippen LogP contribution in [0.5, 0.6) is 0 Å². The maximum absolute atomic E-state index is 12.3. The van der Waals surface area contributed by atoms with E-state index in [-0.39, 0.29) is 31.6 Å². The van der Waals surface area contributed by atoms with E-state index in [0.717, 1.165) is 0 Å². The second-order valence-electron chi connectivity index (χ2n) is 4.59. The molecule has 1 amide bonds. The standard InChI is InChI=1S/C14H11Cl3N2O3S/c1-8(20)18-14-3-2-11(7-13(14)17)19-23(21,22)12-5-9(15)4-10(16)6-12/h2-7,19H,1H3,(H,18,20). The molecule has 2 aromatic carbocycles. The molecule has 0 saturated carbocycles. The fourth-order valence-electron chi connectivity index (χ4n) is 1.77. The summed E-state index contributed by atoms with van der Waals surface area (Å²) in [7, 11) is -3.88. The molecule has 2 aromatic rings. The van der Waals surface area contributed by atoms with Crippen LogP contribution in [0.25, 0.3) is 0 Å². The van der Waals surface area contributed by atoms with E-state index in [0.29, 0.717) is 5.69 Å². The molecule has 0 aliphatic heterocycles. The van der Waals surface area contributed by atoms with Gasteiger partial charge in [0.1, 0.15) is 0 Å². The van der Waals surface area contributed by atoms with Gasteiger partial charge in [0.25, 0.3) is 10.0 Å². The maximum atomic E-state index is 12.3. The third kappa shape index (κ3) is 4.75. The van der Waals surface area contributed by atoms with E-state index in [9.17, 15) is 13.2 Å². The quantitative estimate of drug-likeness (QED) is 0.808. The van der Waals surface area contributed by atoms with Gasteiger partial charge in [-0.25, -0.2) is 8.42 Å². The van der Waals surface area contributed by atoms with Crippen LogP contribution in [0.3, 0.4) is 0 Å². The van der Waals surface area contributed by atoms with Crippen LogP contribution in [-0.2, 0) is 14.8 Å². The predicted molar refractivity (Wildman–Crippen MR) is 93.0 cm³/mol. The molecule has 0 spiro atoms. The van der Waals surface area contributed by atoms with Gasteiger partial charge in [0.2, 0.25) is 5.91 Å². The van der Waals surface area contributed by atoms with Crippen molar-refractivity contribution in [2.75, 3.05) is 10.0 Å². The summed E-state index contributed by atoms with van der Waals surface area (Å²) in [5.74, 6) is -0.284. The summed E-state index contributed by atoms with van der Waals surface area (Å²) < 4.78 is 27.0. The van der Waals surface area contributed by atoms with Gasteiger partial charge < -0.3 is 5.32 Å². The second-order valence-corrected chi connectivity index (χ2v) is 7.55. The van der Waals surface area contributed by atoms with Gasteiger partial charge in [-0.05, 0) is 36.4 Å². The average Bonchev–Trinajstić information content (AvgIpc) is 2.40. The molecule has 0 heterocycles. The SMILES string of the molecule is CC(=O)Nc1ccc(NS(=O)(=O)c2cc(Cl)cc(Cl)c2)cc1Cl. The Hall–Kier alpha value is -1.47. The van der Waals surface area contributed by atoms with Crippen molar-refractivity contribution in [2.45, 2.75) is 11.8 Å². The van der Waals surface area contributed by atoms with E-state index in [1.807, 2.05) is 0 Å². The molecule has 2 rings (SSSR count). The highest BCUT2D eigenvalue weighted by atomic mass is 35.5. The van der Waals surface area contributed by atoms with Crippen molar-refractivity contribution in [3.05, 3.63) is 51.5 Å². The van der Waals surface area contributed by atoms with Gasteiger partial charge >= 0.3 is 0 Å². The first-order valence-corrected chi connectivity index (χ1v) is 8.85. The van der Waals surface area contributed by atoms with E-state index in [1.54, 1.807) is 0 Å². The molecule has 0 bridgehead atoms. The van der Waals surface area contributed by atoms with Crippen LogP contribution >= 0.6 is 34.8 Å². The minimum atomic E-state index is -3.88. The topological polar surface area (TPSA) is 75.3 Å². The van der Waals surface area contributed by atoms with Crippen LogP contribution in [0.4, 0.5) is 11.4 Å². The summed E-state index contributed by atoms with van der Waals surface area (Å²) in [5, 5.41) is 3.14. The number of rotatable bonds is 4. The molecule has 23 heavy (non-hydrogen) atoms. The van der Waals surface area contributed by atoms with Gasteiger partial charge in [-0.3, -0.25) is 9.52 Å². The summed E-state index contributed by atoms with van der Waals surface area (Å²) in [6.45, 7) is 1.34. The first-order valence-electron chi connectivity index (χ1n) is 6.23. The number of hydrogen-bond donors (Lipinski definition) is 2. The number of carbonyl (C=O) groups is 1. The molecule has 0 unspecified atom stereocenters. The molecule has 0 aliphatic carbocycles. The van der Waals surface area contributed by atoms with E-state index < -0.39 is 10.0 Å². The number of halogens is 3. The van der Waals surface area contributed by atoms with Crippen molar-refractivity contribution >= 4 is 62.1 Å². The highest BCUT2D eigenvalue weighted by Gasteiger charge is 2.16. The number of sulfonamides is 1. The average molecular weight is 394 g/mol. The molecular formula is C14H11Cl3N2O3S. The molecule has 5 nitrogen and oxygen atoms in total. The molecule has 0 aromatic heterocycles. The van der Waals surface area contributed by atoms with Crippen molar-refractivity contribution in [3.63, 3.8) is 0 Å². The van der Waals surface area contributed by atoms with Crippen molar-refractivity contribution in [1.82, 2.24) is 0 Å². The molecule has 0 aliphatic rings. The largest absolute Gasteiger partial charge is 0.325 e. The van der Waals surface area contributed by atoms with Gasteiger partial charge in [-0.1, -0.05) is 34.8 Å². The molecule has 122 valence electrons. The second kappa shape index (κ2) is 6.97. The summed E-state index contributed by atoms with van der Waals surface area (Å²) in [6.07, 6.45) is 0. The van der Waals surface area contributed by atoms with Gasteiger partial charge in [0.15, 0.2) is 0 Å². The van der Waals surface area contributed by atoms with Crippen LogP contribution in [0, 0.1) is 0 Å². The highest BCUT2D eigenvalue weighted by molar-refractivity contribution is 7.92. The Kier molecular flexibility index (Phi) is 5.41. The lowest BCUT2D eigenvalue weighted by atomic mass is 10.3. The number of hydrogen-bond acceptors (Lipinski definition) is 3. The Morgan fingerprint density at radius 2 is 1.61 bits per heavy atom. The molecule has 0 saturated heterocycles. The Bertz CT molecular complexity index is 849. The first-order chi connectivity index (χ1) is 10.7. The minimum Gasteiger partial charge on any atom is -0.325 e. The fourth-order valence-corrected chi connectivity index (χ4v) is 3.77. The van der Waals surface area contributed by atoms with Gasteiger partial charge in [-0.15, -0.1) is 0 Å². The molecule has 0 fully saturated rings. The lowest BCUT2D eigenvalue weighted by Gasteiger charge is -2.11. The molecule has 0 radical (unpaired) electrons. The maximum Gasteiger partial charge on any atom is 0.261 e. The first kappa shape index (κ1) is 17.9. The summed E-state index contributed by atoms with van der Waals surface area (Å²) in [4.78, 5) is 10.9. The van der Waals surface area contributed by atoms with Crippen molar-refractivity contribution in [1.29, 1.82) is 0 Å². The predicted octanol–water partition coefficient (Wildman–Crippen LogP) is 4.41. The van der Waals surface area contributed by atoms with Crippen molar-refractivity contribution in [2.24, 2.45) is 0 Å². The number of carbonyl (C=O) groups excluding carboxylic acids is 1. The third-order valence-corrected chi connectivity index (χ3v) is 4.79.